The van der Waals surface area contributed by atoms with Gasteiger partial charge in [-0.3, -0.25) is 4.79 Å². The summed E-state index contributed by atoms with van der Waals surface area (Å²) in [5.41, 5.74) is -0.651. The summed E-state index contributed by atoms with van der Waals surface area (Å²) in [6.45, 7) is 1.95. The molecule has 1 fully saturated rings. The predicted molar refractivity (Wildman–Crippen MR) is 47.1 cm³/mol. The Hall–Kier alpha value is -0.280. The third-order valence-electron chi connectivity index (χ3n) is 2.24. The second kappa shape index (κ2) is 3.62. The first-order chi connectivity index (χ1) is 5.53. The molecule has 4 heteroatoms. The van der Waals surface area contributed by atoms with Crippen LogP contribution in [0.5, 0.6) is 0 Å². The lowest BCUT2D eigenvalue weighted by atomic mass is 9.80. The van der Waals surface area contributed by atoms with Crippen LogP contribution in [0.2, 0.25) is 0 Å². The standard InChI is InChI=1S/C8H14ClNO2/c1-6(9)7(11)10-5-8(12)3-2-4-8/h6,12H,2-5H2,1H3,(H,10,11). The van der Waals surface area contributed by atoms with E-state index in [1.165, 1.54) is 0 Å². The maximum absolute atomic E-state index is 11.0. The number of alkyl halides is 1. The fraction of sp³-hybridized carbons (Fsp3) is 0.875. The van der Waals surface area contributed by atoms with Crippen molar-refractivity contribution < 1.29 is 9.90 Å². The van der Waals surface area contributed by atoms with Gasteiger partial charge in [-0.1, -0.05) is 0 Å². The van der Waals surface area contributed by atoms with Gasteiger partial charge in [-0.05, 0) is 26.2 Å². The van der Waals surface area contributed by atoms with Crippen molar-refractivity contribution in [2.45, 2.75) is 37.2 Å². The van der Waals surface area contributed by atoms with Gasteiger partial charge in [-0.15, -0.1) is 11.6 Å². The van der Waals surface area contributed by atoms with Crippen LogP contribution >= 0.6 is 11.6 Å². The molecule has 1 saturated carbocycles. The van der Waals surface area contributed by atoms with Crippen LogP contribution in [0.3, 0.4) is 0 Å². The van der Waals surface area contributed by atoms with Crippen LogP contribution in [-0.2, 0) is 4.79 Å². The normalized spacial score (nSPS) is 22.6. The van der Waals surface area contributed by atoms with E-state index in [9.17, 15) is 9.90 Å². The van der Waals surface area contributed by atoms with E-state index < -0.39 is 11.0 Å². The number of carbonyl (C=O) groups excluding carboxylic acids is 1. The summed E-state index contributed by atoms with van der Waals surface area (Å²) in [7, 11) is 0. The van der Waals surface area contributed by atoms with E-state index in [2.05, 4.69) is 5.32 Å². The number of nitrogens with one attached hydrogen (secondary N) is 1. The molecule has 0 aromatic heterocycles. The average Bonchev–Trinajstić information content (AvgIpc) is 1.96. The molecule has 0 saturated heterocycles. The third kappa shape index (κ3) is 2.35. The van der Waals surface area contributed by atoms with Gasteiger partial charge in [0.25, 0.3) is 0 Å². The van der Waals surface area contributed by atoms with Gasteiger partial charge in [0.05, 0.1) is 5.60 Å². The summed E-state index contributed by atoms with van der Waals surface area (Å²) in [5, 5.41) is 11.7. The van der Waals surface area contributed by atoms with Gasteiger partial charge in [0.1, 0.15) is 5.38 Å². The van der Waals surface area contributed by atoms with Gasteiger partial charge in [0, 0.05) is 6.54 Å². The molecular formula is C8H14ClNO2. The minimum absolute atomic E-state index is 0.211. The molecule has 0 radical (unpaired) electrons. The van der Waals surface area contributed by atoms with Crippen LogP contribution < -0.4 is 5.32 Å². The van der Waals surface area contributed by atoms with Crippen molar-refractivity contribution in [3.63, 3.8) is 0 Å². The highest BCUT2D eigenvalue weighted by Gasteiger charge is 2.34. The van der Waals surface area contributed by atoms with Crippen molar-refractivity contribution in [2.75, 3.05) is 6.54 Å². The largest absolute Gasteiger partial charge is 0.388 e. The summed E-state index contributed by atoms with van der Waals surface area (Å²) < 4.78 is 0. The number of hydrogen-bond acceptors (Lipinski definition) is 2. The second-order valence-corrected chi connectivity index (χ2v) is 4.07. The van der Waals surface area contributed by atoms with Crippen LogP contribution in [0.25, 0.3) is 0 Å². The molecule has 3 nitrogen and oxygen atoms in total. The Bertz CT molecular complexity index is 178. The zero-order valence-electron chi connectivity index (χ0n) is 7.14. The molecule has 0 spiro atoms. The molecule has 12 heavy (non-hydrogen) atoms. The molecule has 0 bridgehead atoms. The van der Waals surface area contributed by atoms with Gasteiger partial charge in [-0.25, -0.2) is 0 Å². The summed E-state index contributed by atoms with van der Waals surface area (Å²) in [6, 6.07) is 0. The zero-order valence-corrected chi connectivity index (χ0v) is 7.90. The van der Waals surface area contributed by atoms with Crippen LogP contribution in [0, 0.1) is 0 Å². The van der Waals surface area contributed by atoms with Crippen molar-refractivity contribution in [2.24, 2.45) is 0 Å². The fourth-order valence-corrected chi connectivity index (χ4v) is 1.23. The Kier molecular flexibility index (Phi) is 2.96. The summed E-state index contributed by atoms with van der Waals surface area (Å²) >= 11 is 5.52. The number of hydrogen-bond donors (Lipinski definition) is 2. The highest BCUT2D eigenvalue weighted by atomic mass is 35.5. The van der Waals surface area contributed by atoms with E-state index >= 15 is 0 Å². The molecule has 1 rings (SSSR count). The molecule has 0 aromatic rings. The molecule has 2 N–H and O–H groups in total. The molecule has 0 aliphatic heterocycles. The van der Waals surface area contributed by atoms with E-state index in [0.717, 1.165) is 19.3 Å². The molecule has 0 aromatic carbocycles. The lowest BCUT2D eigenvalue weighted by molar-refractivity contribution is -0.122. The minimum atomic E-state index is -0.651. The Morgan fingerprint density at radius 2 is 2.33 bits per heavy atom. The monoisotopic (exact) mass is 191 g/mol. The molecule has 1 atom stereocenters. The highest BCUT2D eigenvalue weighted by molar-refractivity contribution is 6.30. The van der Waals surface area contributed by atoms with E-state index in [1.807, 2.05) is 0 Å². The average molecular weight is 192 g/mol. The maximum atomic E-state index is 11.0. The number of halogens is 1. The van der Waals surface area contributed by atoms with Crippen LogP contribution in [0.1, 0.15) is 26.2 Å². The summed E-state index contributed by atoms with van der Waals surface area (Å²) in [6.07, 6.45) is 2.61. The summed E-state index contributed by atoms with van der Waals surface area (Å²) in [4.78, 5) is 11.0. The van der Waals surface area contributed by atoms with Gasteiger partial charge in [0.2, 0.25) is 5.91 Å². The maximum Gasteiger partial charge on any atom is 0.237 e. The first kappa shape index (κ1) is 9.81. The number of rotatable bonds is 3. The van der Waals surface area contributed by atoms with Crippen LogP contribution in [0.15, 0.2) is 0 Å². The number of amides is 1. The Morgan fingerprint density at radius 3 is 2.67 bits per heavy atom. The van der Waals surface area contributed by atoms with E-state index in [1.54, 1.807) is 6.92 Å². The zero-order chi connectivity index (χ0) is 9.19. The predicted octanol–water partition coefficient (Wildman–Crippen LogP) is 0.645. The molecular weight excluding hydrogens is 178 g/mol. The molecule has 1 aliphatic rings. The topological polar surface area (TPSA) is 49.3 Å². The molecule has 1 aliphatic carbocycles. The van der Waals surface area contributed by atoms with E-state index in [4.69, 9.17) is 11.6 Å². The SMILES string of the molecule is CC(Cl)C(=O)NCC1(O)CCC1. The number of carbonyl (C=O) groups is 1. The van der Waals surface area contributed by atoms with Crippen LogP contribution in [-0.4, -0.2) is 28.5 Å². The van der Waals surface area contributed by atoms with Gasteiger partial charge in [-0.2, -0.15) is 0 Å². The fourth-order valence-electron chi connectivity index (χ4n) is 1.15. The van der Waals surface area contributed by atoms with Crippen molar-refractivity contribution in [3.05, 3.63) is 0 Å². The van der Waals surface area contributed by atoms with Gasteiger partial charge < -0.3 is 10.4 Å². The van der Waals surface area contributed by atoms with E-state index in [-0.39, 0.29) is 5.91 Å². The molecule has 1 unspecified atom stereocenters. The quantitative estimate of drug-likeness (QED) is 0.644. The molecule has 0 heterocycles. The highest BCUT2D eigenvalue weighted by Crippen LogP contribution is 2.30. The van der Waals surface area contributed by atoms with Crippen molar-refractivity contribution >= 4 is 17.5 Å². The Labute approximate surface area is 77.1 Å². The van der Waals surface area contributed by atoms with Gasteiger partial charge in [0.15, 0.2) is 0 Å². The first-order valence-electron chi connectivity index (χ1n) is 4.18. The number of aliphatic hydroxyl groups is 1. The molecule has 1 amide bonds. The Morgan fingerprint density at radius 1 is 1.75 bits per heavy atom. The second-order valence-electron chi connectivity index (χ2n) is 3.41. The van der Waals surface area contributed by atoms with Crippen molar-refractivity contribution in [1.29, 1.82) is 0 Å². The van der Waals surface area contributed by atoms with Gasteiger partial charge >= 0.3 is 0 Å². The van der Waals surface area contributed by atoms with Crippen LogP contribution in [0.4, 0.5) is 0 Å². The Balaban J connectivity index is 2.21. The lowest BCUT2D eigenvalue weighted by Gasteiger charge is -2.36. The lowest BCUT2D eigenvalue weighted by Crippen LogP contribution is -2.48. The first-order valence-corrected chi connectivity index (χ1v) is 4.61. The van der Waals surface area contributed by atoms with E-state index in [0.29, 0.717) is 6.54 Å². The molecule has 70 valence electrons. The third-order valence-corrected chi connectivity index (χ3v) is 2.44. The summed E-state index contributed by atoms with van der Waals surface area (Å²) in [5.74, 6) is -0.211. The smallest absolute Gasteiger partial charge is 0.237 e. The minimum Gasteiger partial charge on any atom is -0.388 e. The van der Waals surface area contributed by atoms with Crippen molar-refractivity contribution in [3.8, 4) is 0 Å². The van der Waals surface area contributed by atoms with Crippen molar-refractivity contribution in [1.82, 2.24) is 5.32 Å².